The molecule has 6 nitrogen and oxygen atoms in total. The number of aromatic nitrogens is 2. The molecule has 1 N–H and O–H groups in total. The van der Waals surface area contributed by atoms with Crippen LogP contribution in [0, 0.1) is 6.92 Å². The quantitative estimate of drug-likeness (QED) is 0.802. The third-order valence-electron chi connectivity index (χ3n) is 2.45. The SMILES string of the molecule is CCCC(=O)Nc1c(C(=O)OC)nn(C)c1C. The molecule has 0 unspecified atom stereocenters. The summed E-state index contributed by atoms with van der Waals surface area (Å²) in [7, 11) is 2.99. The Labute approximate surface area is 99.9 Å². The highest BCUT2D eigenvalue weighted by Crippen LogP contribution is 2.20. The van der Waals surface area contributed by atoms with Crippen molar-refractivity contribution in [1.82, 2.24) is 9.78 Å². The van der Waals surface area contributed by atoms with Gasteiger partial charge in [-0.2, -0.15) is 5.10 Å². The molecule has 0 saturated carbocycles. The molecule has 1 amide bonds. The zero-order chi connectivity index (χ0) is 13.0. The van der Waals surface area contributed by atoms with Crippen molar-refractivity contribution < 1.29 is 14.3 Å². The molecular formula is C11H17N3O3. The second-order valence-corrected chi connectivity index (χ2v) is 3.72. The van der Waals surface area contributed by atoms with Gasteiger partial charge in [-0.1, -0.05) is 6.92 Å². The van der Waals surface area contributed by atoms with Crippen LogP contribution in [0.5, 0.6) is 0 Å². The fourth-order valence-corrected chi connectivity index (χ4v) is 1.43. The maximum Gasteiger partial charge on any atom is 0.360 e. The van der Waals surface area contributed by atoms with Crippen molar-refractivity contribution in [2.45, 2.75) is 26.7 Å². The molecule has 0 fully saturated rings. The molecule has 1 aromatic heterocycles. The van der Waals surface area contributed by atoms with Crippen LogP contribution >= 0.6 is 0 Å². The topological polar surface area (TPSA) is 73.2 Å². The van der Waals surface area contributed by atoms with Crippen LogP contribution in [-0.4, -0.2) is 28.8 Å². The molecule has 6 heteroatoms. The fraction of sp³-hybridized carbons (Fsp3) is 0.545. The van der Waals surface area contributed by atoms with Gasteiger partial charge in [0.1, 0.15) is 0 Å². The van der Waals surface area contributed by atoms with E-state index in [1.54, 1.807) is 14.0 Å². The summed E-state index contributed by atoms with van der Waals surface area (Å²) < 4.78 is 6.16. The lowest BCUT2D eigenvalue weighted by Gasteiger charge is -2.05. The van der Waals surface area contributed by atoms with Crippen LogP contribution in [-0.2, 0) is 16.6 Å². The van der Waals surface area contributed by atoms with Gasteiger partial charge < -0.3 is 10.1 Å². The van der Waals surface area contributed by atoms with Gasteiger partial charge in [0.2, 0.25) is 5.91 Å². The third-order valence-corrected chi connectivity index (χ3v) is 2.45. The first-order valence-corrected chi connectivity index (χ1v) is 5.43. The lowest BCUT2D eigenvalue weighted by molar-refractivity contribution is -0.116. The predicted octanol–water partition coefficient (Wildman–Crippen LogP) is 1.25. The molecule has 1 aromatic rings. The van der Waals surface area contributed by atoms with Gasteiger partial charge in [0.25, 0.3) is 0 Å². The molecule has 0 radical (unpaired) electrons. The number of nitrogens with one attached hydrogen (secondary N) is 1. The van der Waals surface area contributed by atoms with Crippen LogP contribution in [0.25, 0.3) is 0 Å². The van der Waals surface area contributed by atoms with E-state index in [0.717, 1.165) is 12.1 Å². The lowest BCUT2D eigenvalue weighted by Crippen LogP contribution is -2.14. The number of aryl methyl sites for hydroxylation is 1. The highest BCUT2D eigenvalue weighted by Gasteiger charge is 2.21. The summed E-state index contributed by atoms with van der Waals surface area (Å²) in [5.74, 6) is -0.686. The zero-order valence-electron chi connectivity index (χ0n) is 10.5. The summed E-state index contributed by atoms with van der Waals surface area (Å²) in [5, 5.41) is 6.71. The van der Waals surface area contributed by atoms with Crippen molar-refractivity contribution in [2.75, 3.05) is 12.4 Å². The molecule has 17 heavy (non-hydrogen) atoms. The normalized spacial score (nSPS) is 10.1. The molecule has 0 aliphatic carbocycles. The van der Waals surface area contributed by atoms with Crippen LogP contribution in [0.4, 0.5) is 5.69 Å². The van der Waals surface area contributed by atoms with Crippen LogP contribution in [0.15, 0.2) is 0 Å². The highest BCUT2D eigenvalue weighted by molar-refractivity contribution is 6.00. The summed E-state index contributed by atoms with van der Waals surface area (Å²) in [6.45, 7) is 3.69. The van der Waals surface area contributed by atoms with Gasteiger partial charge in [0.15, 0.2) is 5.69 Å². The summed E-state index contributed by atoms with van der Waals surface area (Å²) in [6, 6.07) is 0. The molecule has 0 aliphatic heterocycles. The molecule has 1 heterocycles. The van der Waals surface area contributed by atoms with Crippen LogP contribution < -0.4 is 5.32 Å². The van der Waals surface area contributed by atoms with Crippen molar-refractivity contribution in [3.05, 3.63) is 11.4 Å². The highest BCUT2D eigenvalue weighted by atomic mass is 16.5. The van der Waals surface area contributed by atoms with E-state index < -0.39 is 5.97 Å². The summed E-state index contributed by atoms with van der Waals surface area (Å²) in [6.07, 6.45) is 1.16. The Morgan fingerprint density at radius 2 is 2.12 bits per heavy atom. The summed E-state index contributed by atoms with van der Waals surface area (Å²) >= 11 is 0. The Balaban J connectivity index is 3.04. The molecule has 0 spiro atoms. The van der Waals surface area contributed by atoms with E-state index in [9.17, 15) is 9.59 Å². The van der Waals surface area contributed by atoms with E-state index in [1.807, 2.05) is 6.92 Å². The number of esters is 1. The van der Waals surface area contributed by atoms with Crippen LogP contribution in [0.3, 0.4) is 0 Å². The minimum absolute atomic E-state index is 0.131. The minimum Gasteiger partial charge on any atom is -0.464 e. The predicted molar refractivity (Wildman–Crippen MR) is 62.8 cm³/mol. The molecule has 94 valence electrons. The summed E-state index contributed by atoms with van der Waals surface area (Å²) in [4.78, 5) is 23.0. The van der Waals surface area contributed by atoms with Gasteiger partial charge in [-0.25, -0.2) is 4.79 Å². The number of ether oxygens (including phenoxy) is 1. The standard InChI is InChI=1S/C11H17N3O3/c1-5-6-8(15)12-9-7(2)14(3)13-10(9)11(16)17-4/h5-6H2,1-4H3,(H,12,15). The van der Waals surface area contributed by atoms with Crippen molar-refractivity contribution in [1.29, 1.82) is 0 Å². The van der Waals surface area contributed by atoms with Crippen molar-refractivity contribution in [3.8, 4) is 0 Å². The number of anilines is 1. The second-order valence-electron chi connectivity index (χ2n) is 3.72. The van der Waals surface area contributed by atoms with E-state index in [1.165, 1.54) is 11.8 Å². The first kappa shape index (κ1) is 13.2. The van der Waals surface area contributed by atoms with Gasteiger partial charge in [0.05, 0.1) is 18.5 Å². The molecule has 0 atom stereocenters. The van der Waals surface area contributed by atoms with E-state index in [4.69, 9.17) is 0 Å². The van der Waals surface area contributed by atoms with Crippen molar-refractivity contribution in [3.63, 3.8) is 0 Å². The number of carbonyl (C=O) groups is 2. The van der Waals surface area contributed by atoms with Gasteiger partial charge in [-0.3, -0.25) is 9.48 Å². The molecule has 0 aromatic carbocycles. The van der Waals surface area contributed by atoms with Gasteiger partial charge in [0, 0.05) is 13.5 Å². The second kappa shape index (κ2) is 5.47. The van der Waals surface area contributed by atoms with E-state index in [0.29, 0.717) is 12.1 Å². The Morgan fingerprint density at radius 1 is 1.47 bits per heavy atom. The first-order chi connectivity index (χ1) is 8.01. The smallest absolute Gasteiger partial charge is 0.360 e. The van der Waals surface area contributed by atoms with Crippen LogP contribution in [0.2, 0.25) is 0 Å². The van der Waals surface area contributed by atoms with E-state index >= 15 is 0 Å². The maximum absolute atomic E-state index is 11.5. The van der Waals surface area contributed by atoms with E-state index in [-0.39, 0.29) is 11.6 Å². The first-order valence-electron chi connectivity index (χ1n) is 5.43. The summed E-state index contributed by atoms with van der Waals surface area (Å²) in [5.41, 5.74) is 1.28. The fourth-order valence-electron chi connectivity index (χ4n) is 1.43. The average molecular weight is 239 g/mol. The van der Waals surface area contributed by atoms with Gasteiger partial charge in [-0.05, 0) is 13.3 Å². The number of nitrogens with zero attached hydrogens (tertiary/aromatic N) is 2. The molecular weight excluding hydrogens is 222 g/mol. The van der Waals surface area contributed by atoms with Crippen molar-refractivity contribution in [2.24, 2.45) is 7.05 Å². The van der Waals surface area contributed by atoms with Gasteiger partial charge >= 0.3 is 5.97 Å². The van der Waals surface area contributed by atoms with Crippen LogP contribution in [0.1, 0.15) is 35.9 Å². The molecule has 1 rings (SSSR count). The molecule has 0 saturated heterocycles. The number of hydrogen-bond donors (Lipinski definition) is 1. The van der Waals surface area contributed by atoms with E-state index in [2.05, 4.69) is 15.2 Å². The molecule has 0 bridgehead atoms. The number of methoxy groups -OCH3 is 1. The average Bonchev–Trinajstić information content (AvgIpc) is 2.57. The number of amides is 1. The van der Waals surface area contributed by atoms with Crippen molar-refractivity contribution >= 4 is 17.6 Å². The Morgan fingerprint density at radius 3 is 2.65 bits per heavy atom. The number of hydrogen-bond acceptors (Lipinski definition) is 4. The Bertz CT molecular complexity index is 437. The third kappa shape index (κ3) is 2.83. The number of carbonyl (C=O) groups excluding carboxylic acids is 2. The monoisotopic (exact) mass is 239 g/mol. The largest absolute Gasteiger partial charge is 0.464 e. The Kier molecular flexibility index (Phi) is 4.25. The van der Waals surface area contributed by atoms with Gasteiger partial charge in [-0.15, -0.1) is 0 Å². The zero-order valence-corrected chi connectivity index (χ0v) is 10.5. The lowest BCUT2D eigenvalue weighted by atomic mass is 10.2. The number of rotatable bonds is 4. The molecule has 0 aliphatic rings. The minimum atomic E-state index is -0.555. The Hall–Kier alpha value is -1.85. The maximum atomic E-state index is 11.5.